The van der Waals surface area contributed by atoms with Gasteiger partial charge in [-0.3, -0.25) is 14.6 Å². The van der Waals surface area contributed by atoms with E-state index in [-0.39, 0.29) is 17.8 Å². The number of nitrogens with one attached hydrogen (secondary N) is 1. The summed E-state index contributed by atoms with van der Waals surface area (Å²) < 4.78 is 5.16. The van der Waals surface area contributed by atoms with Crippen molar-refractivity contribution in [2.24, 2.45) is 10.9 Å². The molecule has 1 saturated heterocycles. The van der Waals surface area contributed by atoms with Crippen molar-refractivity contribution < 1.29 is 14.3 Å². The van der Waals surface area contributed by atoms with Gasteiger partial charge >= 0.3 is 5.97 Å². The molecule has 0 spiro atoms. The van der Waals surface area contributed by atoms with Crippen molar-refractivity contribution in [1.29, 1.82) is 0 Å². The van der Waals surface area contributed by atoms with Gasteiger partial charge in [0.15, 0.2) is 5.96 Å². The molecule has 0 saturated carbocycles. The van der Waals surface area contributed by atoms with Crippen LogP contribution in [0.2, 0.25) is 0 Å². The summed E-state index contributed by atoms with van der Waals surface area (Å²) in [6, 6.07) is 7.54. The fraction of sp³-hybridized carbons (Fsp3) is 0.550. The number of carbonyl (C=O) groups is 2. The lowest BCUT2D eigenvalue weighted by Gasteiger charge is -2.34. The summed E-state index contributed by atoms with van der Waals surface area (Å²) >= 11 is 0. The molecule has 0 aromatic heterocycles. The third kappa shape index (κ3) is 5.70. The van der Waals surface area contributed by atoms with Gasteiger partial charge in [-0.1, -0.05) is 12.1 Å². The number of likely N-dealkylation sites (tertiary alicyclic amines) is 1. The van der Waals surface area contributed by atoms with Gasteiger partial charge < -0.3 is 19.9 Å². The van der Waals surface area contributed by atoms with E-state index in [1.54, 1.807) is 26.0 Å². The van der Waals surface area contributed by atoms with E-state index in [4.69, 9.17) is 4.74 Å². The van der Waals surface area contributed by atoms with Crippen molar-refractivity contribution in [2.75, 3.05) is 40.8 Å². The third-order valence-electron chi connectivity index (χ3n) is 4.61. The van der Waals surface area contributed by atoms with Gasteiger partial charge in [-0.05, 0) is 37.5 Å². The number of rotatable bonds is 5. The minimum absolute atomic E-state index is 0.0105. The Bertz CT molecular complexity index is 670. The van der Waals surface area contributed by atoms with Crippen molar-refractivity contribution in [3.8, 4) is 0 Å². The van der Waals surface area contributed by atoms with Crippen molar-refractivity contribution in [3.05, 3.63) is 35.4 Å². The molecule has 7 nitrogen and oxygen atoms in total. The maximum atomic E-state index is 12.0. The number of piperidine rings is 1. The van der Waals surface area contributed by atoms with Crippen molar-refractivity contribution >= 4 is 17.8 Å². The number of guanidine groups is 1. The van der Waals surface area contributed by atoms with Crippen LogP contribution in [0.5, 0.6) is 0 Å². The van der Waals surface area contributed by atoms with Crippen LogP contribution < -0.4 is 5.32 Å². The van der Waals surface area contributed by atoms with Crippen molar-refractivity contribution in [1.82, 2.24) is 15.1 Å². The zero-order valence-corrected chi connectivity index (χ0v) is 16.7. The number of benzene rings is 1. The molecule has 1 atom stereocenters. The highest BCUT2D eigenvalue weighted by Crippen LogP contribution is 2.18. The summed E-state index contributed by atoms with van der Waals surface area (Å²) in [6.07, 6.45) is 1.79. The Morgan fingerprint density at radius 1 is 1.30 bits per heavy atom. The predicted octanol–water partition coefficient (Wildman–Crippen LogP) is 1.74. The second-order valence-electron chi connectivity index (χ2n) is 6.83. The van der Waals surface area contributed by atoms with Crippen LogP contribution in [0, 0.1) is 5.92 Å². The second-order valence-corrected chi connectivity index (χ2v) is 6.83. The average molecular weight is 374 g/mol. The summed E-state index contributed by atoms with van der Waals surface area (Å²) in [7, 11) is 5.23. The van der Waals surface area contributed by atoms with Crippen LogP contribution in [0.25, 0.3) is 0 Å². The molecule has 1 aromatic rings. The first-order valence-electron chi connectivity index (χ1n) is 9.39. The zero-order valence-electron chi connectivity index (χ0n) is 16.7. The van der Waals surface area contributed by atoms with Gasteiger partial charge in [-0.15, -0.1) is 0 Å². The Labute approximate surface area is 161 Å². The SMILES string of the molecule is CCOC(=O)C1CCCN(C(=NC)NCc2ccc(C(=O)N(C)C)cc2)C1. The molecule has 1 N–H and O–H groups in total. The van der Waals surface area contributed by atoms with Gasteiger partial charge in [0.25, 0.3) is 5.91 Å². The van der Waals surface area contributed by atoms with E-state index >= 15 is 0 Å². The summed E-state index contributed by atoms with van der Waals surface area (Å²) in [5.41, 5.74) is 1.73. The normalized spacial score (nSPS) is 17.4. The molecule has 7 heteroatoms. The highest BCUT2D eigenvalue weighted by Gasteiger charge is 2.28. The Hall–Kier alpha value is -2.57. The molecule has 1 aromatic carbocycles. The monoisotopic (exact) mass is 374 g/mol. The van der Waals surface area contributed by atoms with E-state index < -0.39 is 0 Å². The molecular formula is C20H30N4O3. The van der Waals surface area contributed by atoms with Gasteiger partial charge in [0.1, 0.15) is 0 Å². The third-order valence-corrected chi connectivity index (χ3v) is 4.61. The Balaban J connectivity index is 1.93. The van der Waals surface area contributed by atoms with E-state index in [1.165, 1.54) is 0 Å². The van der Waals surface area contributed by atoms with Gasteiger partial charge in [-0.2, -0.15) is 0 Å². The second kappa shape index (κ2) is 9.94. The minimum Gasteiger partial charge on any atom is -0.466 e. The molecule has 1 unspecified atom stereocenters. The van der Waals surface area contributed by atoms with E-state index in [0.717, 1.165) is 30.9 Å². The molecule has 27 heavy (non-hydrogen) atoms. The zero-order chi connectivity index (χ0) is 19.8. The fourth-order valence-corrected chi connectivity index (χ4v) is 3.16. The van der Waals surface area contributed by atoms with E-state index in [9.17, 15) is 9.59 Å². The van der Waals surface area contributed by atoms with E-state index in [2.05, 4.69) is 15.2 Å². The molecule has 2 rings (SSSR count). The summed E-state index contributed by atoms with van der Waals surface area (Å²) in [5.74, 6) is 0.536. The minimum atomic E-state index is -0.126. The largest absolute Gasteiger partial charge is 0.466 e. The quantitative estimate of drug-likeness (QED) is 0.483. The number of amides is 1. The first kappa shape index (κ1) is 20.7. The molecule has 0 radical (unpaired) electrons. The molecule has 1 amide bonds. The molecule has 148 valence electrons. The van der Waals surface area contributed by atoms with Crippen LogP contribution in [0.15, 0.2) is 29.3 Å². The summed E-state index contributed by atoms with van der Waals surface area (Å²) in [6.45, 7) is 4.33. The lowest BCUT2D eigenvalue weighted by atomic mass is 9.98. The number of ether oxygens (including phenoxy) is 1. The lowest BCUT2D eigenvalue weighted by Crippen LogP contribution is -2.48. The number of hydrogen-bond acceptors (Lipinski definition) is 4. The fourth-order valence-electron chi connectivity index (χ4n) is 3.16. The predicted molar refractivity (Wildman–Crippen MR) is 106 cm³/mol. The number of aliphatic imine (C=N–C) groups is 1. The van der Waals surface area contributed by atoms with Gasteiger partial charge in [-0.25, -0.2) is 0 Å². The number of hydrogen-bond donors (Lipinski definition) is 1. The highest BCUT2D eigenvalue weighted by atomic mass is 16.5. The van der Waals surface area contributed by atoms with Crippen LogP contribution in [-0.2, 0) is 16.1 Å². The van der Waals surface area contributed by atoms with Gasteiger partial charge in [0.05, 0.1) is 12.5 Å². The highest BCUT2D eigenvalue weighted by molar-refractivity contribution is 5.93. The van der Waals surface area contributed by atoms with Crippen LogP contribution in [0.4, 0.5) is 0 Å². The summed E-state index contributed by atoms with van der Waals surface area (Å²) in [4.78, 5) is 32.0. The Morgan fingerprint density at radius 2 is 2.00 bits per heavy atom. The van der Waals surface area contributed by atoms with E-state index in [1.807, 2.05) is 31.2 Å². The lowest BCUT2D eigenvalue weighted by molar-refractivity contribution is -0.149. The standard InChI is InChI=1S/C20H30N4O3/c1-5-27-19(26)17-7-6-12-24(14-17)20(21-2)22-13-15-8-10-16(11-9-15)18(25)23(3)4/h8-11,17H,5-7,12-14H2,1-4H3,(H,21,22). The number of carbonyl (C=O) groups excluding carboxylic acids is 2. The molecule has 0 bridgehead atoms. The van der Waals surface area contributed by atoms with Crippen LogP contribution in [0.1, 0.15) is 35.7 Å². The first-order chi connectivity index (χ1) is 13.0. The van der Waals surface area contributed by atoms with Crippen LogP contribution >= 0.6 is 0 Å². The topological polar surface area (TPSA) is 74.2 Å². The van der Waals surface area contributed by atoms with Gasteiger partial charge in [0.2, 0.25) is 0 Å². The van der Waals surface area contributed by atoms with E-state index in [0.29, 0.717) is 25.3 Å². The molecule has 1 fully saturated rings. The van der Waals surface area contributed by atoms with Crippen molar-refractivity contribution in [2.45, 2.75) is 26.3 Å². The first-order valence-corrected chi connectivity index (χ1v) is 9.39. The van der Waals surface area contributed by atoms with Crippen molar-refractivity contribution in [3.63, 3.8) is 0 Å². The smallest absolute Gasteiger partial charge is 0.310 e. The maximum Gasteiger partial charge on any atom is 0.310 e. The molecule has 1 aliphatic heterocycles. The Morgan fingerprint density at radius 3 is 2.59 bits per heavy atom. The number of nitrogens with zero attached hydrogens (tertiary/aromatic N) is 3. The van der Waals surface area contributed by atoms with Crippen LogP contribution in [-0.4, -0.2) is 68.5 Å². The van der Waals surface area contributed by atoms with Gasteiger partial charge in [0, 0.05) is 46.3 Å². The number of esters is 1. The summed E-state index contributed by atoms with van der Waals surface area (Å²) in [5, 5.41) is 3.35. The maximum absolute atomic E-state index is 12.0. The molecule has 1 heterocycles. The Kier molecular flexibility index (Phi) is 7.64. The van der Waals surface area contributed by atoms with Crippen LogP contribution in [0.3, 0.4) is 0 Å². The molecule has 1 aliphatic rings. The average Bonchev–Trinajstić information content (AvgIpc) is 2.68. The molecule has 0 aliphatic carbocycles. The molecular weight excluding hydrogens is 344 g/mol.